The summed E-state index contributed by atoms with van der Waals surface area (Å²) in [4.78, 5) is 0. The maximum Gasteiger partial charge on any atom is 0.196 e. The molecule has 0 amide bonds. The van der Waals surface area contributed by atoms with Gasteiger partial charge in [0.25, 0.3) is 0 Å². The van der Waals surface area contributed by atoms with Crippen molar-refractivity contribution in [1.29, 1.82) is 0 Å². The lowest BCUT2D eigenvalue weighted by molar-refractivity contribution is 0.242. The fourth-order valence-electron chi connectivity index (χ4n) is 0.816. The van der Waals surface area contributed by atoms with E-state index in [9.17, 15) is 17.4 Å². The zero-order chi connectivity index (χ0) is 9.83. The minimum atomic E-state index is -4.80. The molecule has 0 aromatic carbocycles. The minimum absolute atomic E-state index is 0.202. The maximum absolute atomic E-state index is 13.0. The number of alkyl halides is 1. The van der Waals surface area contributed by atoms with Gasteiger partial charge >= 0.3 is 0 Å². The molecule has 0 aliphatic rings. The second-order valence-corrected chi connectivity index (χ2v) is 4.77. The number of hydrogen-bond donors (Lipinski definition) is 0. The highest BCUT2D eigenvalue weighted by molar-refractivity contribution is 7.86. The molecule has 0 radical (unpaired) electrons. The first-order chi connectivity index (χ1) is 5.31. The fraction of sp³-hybridized carbons (Fsp3) is 1.00. The Morgan fingerprint density at radius 3 is 2.25 bits per heavy atom. The molecule has 0 aliphatic heterocycles. The molecule has 74 valence electrons. The Morgan fingerprint density at radius 1 is 1.42 bits per heavy atom. The molecule has 0 aromatic heterocycles. The van der Waals surface area contributed by atoms with Gasteiger partial charge < -0.3 is 4.55 Å². The van der Waals surface area contributed by atoms with Gasteiger partial charge in [-0.1, -0.05) is 19.8 Å². The Kier molecular flexibility index (Phi) is 4.13. The van der Waals surface area contributed by atoms with Gasteiger partial charge in [-0.05, 0) is 19.8 Å². The van der Waals surface area contributed by atoms with E-state index in [1.807, 2.05) is 6.92 Å². The van der Waals surface area contributed by atoms with Crippen LogP contribution in [0.4, 0.5) is 4.39 Å². The van der Waals surface area contributed by atoms with E-state index in [2.05, 4.69) is 0 Å². The van der Waals surface area contributed by atoms with Crippen LogP contribution in [0.2, 0.25) is 0 Å². The normalized spacial score (nSPS) is 17.3. The summed E-state index contributed by atoms with van der Waals surface area (Å²) >= 11 is 0. The second-order valence-electron chi connectivity index (χ2n) is 3.01. The largest absolute Gasteiger partial charge is 0.745 e. The summed E-state index contributed by atoms with van der Waals surface area (Å²) in [6, 6.07) is 0. The van der Waals surface area contributed by atoms with Crippen LogP contribution in [0.1, 0.15) is 39.5 Å². The van der Waals surface area contributed by atoms with Gasteiger partial charge in [0, 0.05) is 0 Å². The first-order valence-electron chi connectivity index (χ1n) is 3.95. The van der Waals surface area contributed by atoms with Crippen molar-refractivity contribution in [2.75, 3.05) is 0 Å². The molecule has 0 saturated heterocycles. The first-order valence-corrected chi connectivity index (χ1v) is 5.36. The van der Waals surface area contributed by atoms with Gasteiger partial charge in [0.15, 0.2) is 5.00 Å². The van der Waals surface area contributed by atoms with Gasteiger partial charge in [0.1, 0.15) is 10.1 Å². The van der Waals surface area contributed by atoms with E-state index in [1.165, 1.54) is 0 Å². The van der Waals surface area contributed by atoms with Gasteiger partial charge in [-0.25, -0.2) is 12.8 Å². The molecule has 0 spiro atoms. The van der Waals surface area contributed by atoms with Gasteiger partial charge in [-0.3, -0.25) is 0 Å². The average Bonchev–Trinajstić information content (AvgIpc) is 1.85. The summed E-state index contributed by atoms with van der Waals surface area (Å²) in [5.41, 5.74) is 0. The van der Waals surface area contributed by atoms with Gasteiger partial charge in [0.2, 0.25) is 0 Å². The van der Waals surface area contributed by atoms with Crippen LogP contribution >= 0.6 is 0 Å². The Bertz CT molecular complexity index is 221. The highest BCUT2D eigenvalue weighted by atomic mass is 32.2. The number of rotatable bonds is 5. The van der Waals surface area contributed by atoms with Crippen LogP contribution in [-0.2, 0) is 10.1 Å². The lowest BCUT2D eigenvalue weighted by Gasteiger charge is -2.23. The van der Waals surface area contributed by atoms with E-state index in [1.54, 1.807) is 0 Å². The van der Waals surface area contributed by atoms with Crippen molar-refractivity contribution < 1.29 is 17.4 Å². The van der Waals surface area contributed by atoms with Crippen LogP contribution in [0, 0.1) is 0 Å². The van der Waals surface area contributed by atoms with Crippen LogP contribution < -0.4 is 0 Å². The molecule has 0 saturated carbocycles. The quantitative estimate of drug-likeness (QED) is 0.498. The van der Waals surface area contributed by atoms with Gasteiger partial charge in [-0.2, -0.15) is 0 Å². The van der Waals surface area contributed by atoms with Crippen molar-refractivity contribution in [3.05, 3.63) is 0 Å². The predicted octanol–water partition coefficient (Wildman–Crippen LogP) is 1.80. The number of halogens is 1. The smallest absolute Gasteiger partial charge is 0.196 e. The van der Waals surface area contributed by atoms with Crippen molar-refractivity contribution in [2.45, 2.75) is 44.5 Å². The molecule has 0 rings (SSSR count). The van der Waals surface area contributed by atoms with Gasteiger partial charge in [-0.15, -0.1) is 0 Å². The zero-order valence-electron chi connectivity index (χ0n) is 7.34. The Balaban J connectivity index is 4.06. The molecule has 0 aliphatic carbocycles. The van der Waals surface area contributed by atoms with Crippen molar-refractivity contribution in [2.24, 2.45) is 0 Å². The summed E-state index contributed by atoms with van der Waals surface area (Å²) in [5, 5.41) is -2.60. The third-order valence-electron chi connectivity index (χ3n) is 1.75. The second kappa shape index (κ2) is 4.18. The van der Waals surface area contributed by atoms with Crippen LogP contribution in [0.3, 0.4) is 0 Å². The summed E-state index contributed by atoms with van der Waals surface area (Å²) in [7, 11) is -4.80. The maximum atomic E-state index is 13.0. The zero-order valence-corrected chi connectivity index (χ0v) is 8.16. The van der Waals surface area contributed by atoms with Crippen molar-refractivity contribution in [1.82, 2.24) is 0 Å². The molecule has 3 nitrogen and oxygen atoms in total. The Morgan fingerprint density at radius 2 is 1.92 bits per heavy atom. The summed E-state index contributed by atoms with van der Waals surface area (Å²) in [6.45, 7) is 2.74. The van der Waals surface area contributed by atoms with E-state index in [0.717, 1.165) is 19.8 Å². The Hall–Kier alpha value is -0.160. The highest BCUT2D eigenvalue weighted by Crippen LogP contribution is 2.24. The van der Waals surface area contributed by atoms with Crippen LogP contribution in [0.15, 0.2) is 0 Å². The molecule has 5 heteroatoms. The molecule has 1 unspecified atom stereocenters. The van der Waals surface area contributed by atoms with Crippen LogP contribution in [-0.4, -0.2) is 18.0 Å². The summed E-state index contributed by atoms with van der Waals surface area (Å²) in [5.74, 6) is 0. The highest BCUT2D eigenvalue weighted by Gasteiger charge is 2.30. The predicted molar refractivity (Wildman–Crippen MR) is 43.4 cm³/mol. The molecule has 1 atom stereocenters. The number of unbranched alkanes of at least 4 members (excludes halogenated alkanes) is 2. The molecule has 0 N–H and O–H groups in total. The average molecular weight is 197 g/mol. The molecular weight excluding hydrogens is 183 g/mol. The van der Waals surface area contributed by atoms with Crippen LogP contribution in [0.5, 0.6) is 0 Å². The van der Waals surface area contributed by atoms with E-state index in [4.69, 9.17) is 0 Å². The molecule has 0 fully saturated rings. The monoisotopic (exact) mass is 197 g/mol. The minimum Gasteiger partial charge on any atom is -0.745 e. The van der Waals surface area contributed by atoms with Crippen molar-refractivity contribution >= 4 is 10.1 Å². The summed E-state index contributed by atoms with van der Waals surface area (Å²) < 4.78 is 44.0. The lowest BCUT2D eigenvalue weighted by Crippen LogP contribution is -2.29. The SMILES string of the molecule is CCCCCC(C)(F)S(=O)(=O)[O-]. The first kappa shape index (κ1) is 11.8. The number of hydrogen-bond acceptors (Lipinski definition) is 3. The summed E-state index contributed by atoms with van der Waals surface area (Å²) in [6.07, 6.45) is 1.85. The van der Waals surface area contributed by atoms with Crippen LogP contribution in [0.25, 0.3) is 0 Å². The van der Waals surface area contributed by atoms with Crippen molar-refractivity contribution in [3.63, 3.8) is 0 Å². The van der Waals surface area contributed by atoms with Gasteiger partial charge in [0.05, 0.1) is 0 Å². The molecule has 0 bridgehead atoms. The molecular formula is C7H14FO3S-. The van der Waals surface area contributed by atoms with Crippen molar-refractivity contribution in [3.8, 4) is 0 Å². The standard InChI is InChI=1S/C7H15FO3S/c1-3-4-5-6-7(2,8)12(9,10)11/h3-6H2,1-2H3,(H,9,10,11)/p-1. The topological polar surface area (TPSA) is 57.2 Å². The van der Waals surface area contributed by atoms with E-state index < -0.39 is 15.1 Å². The third kappa shape index (κ3) is 3.49. The van der Waals surface area contributed by atoms with E-state index in [0.29, 0.717) is 6.42 Å². The fourth-order valence-corrected chi connectivity index (χ4v) is 1.21. The third-order valence-corrected chi connectivity index (χ3v) is 2.99. The molecule has 0 aromatic rings. The molecule has 12 heavy (non-hydrogen) atoms. The van der Waals surface area contributed by atoms with E-state index in [-0.39, 0.29) is 6.42 Å². The Labute approximate surface area is 72.7 Å². The lowest BCUT2D eigenvalue weighted by atomic mass is 10.1. The van der Waals surface area contributed by atoms with E-state index >= 15 is 0 Å². The molecule has 0 heterocycles.